The monoisotopic (exact) mass is 176 g/mol. The Morgan fingerprint density at radius 3 is 2.33 bits per heavy atom. The summed E-state index contributed by atoms with van der Waals surface area (Å²) in [4.78, 5) is 9.90. The molecule has 0 rings (SSSR count). The normalized spacial score (nSPS) is 11.2. The van der Waals surface area contributed by atoms with Gasteiger partial charge in [0, 0.05) is 6.42 Å². The maximum absolute atomic E-state index is 9.90. The second-order valence-corrected chi connectivity index (χ2v) is 3.43. The fraction of sp³-hybridized carbons (Fsp3) is 0.875. The molecule has 0 amide bonds. The molecule has 12 heavy (non-hydrogen) atoms. The SMILES string of the molecule is CC(C)(C)OCCCOC(=O)O. The largest absolute Gasteiger partial charge is 0.505 e. The molecule has 0 aromatic carbocycles. The van der Waals surface area contributed by atoms with Crippen molar-refractivity contribution >= 4 is 6.16 Å². The molecule has 0 atom stereocenters. The van der Waals surface area contributed by atoms with Gasteiger partial charge < -0.3 is 14.6 Å². The first-order valence-corrected chi connectivity index (χ1v) is 3.91. The quantitative estimate of drug-likeness (QED) is 0.525. The standard InChI is InChI=1S/C8H16O4/c1-8(2,3)12-6-4-5-11-7(9)10/h4-6H2,1-3H3,(H,9,10). The van der Waals surface area contributed by atoms with E-state index in [1.165, 1.54) is 0 Å². The molecule has 0 aromatic rings. The van der Waals surface area contributed by atoms with Gasteiger partial charge in [0.25, 0.3) is 0 Å². The lowest BCUT2D eigenvalue weighted by Crippen LogP contribution is -2.20. The van der Waals surface area contributed by atoms with Gasteiger partial charge in [-0.25, -0.2) is 4.79 Å². The first-order valence-electron chi connectivity index (χ1n) is 3.91. The molecule has 0 aliphatic carbocycles. The third-order valence-corrected chi connectivity index (χ3v) is 1.05. The molecule has 4 nitrogen and oxygen atoms in total. The molecule has 4 heteroatoms. The summed E-state index contributed by atoms with van der Waals surface area (Å²) in [6.45, 7) is 6.57. The molecular formula is C8H16O4. The minimum atomic E-state index is -1.23. The molecule has 0 saturated heterocycles. The molecule has 0 aliphatic rings. The van der Waals surface area contributed by atoms with Crippen LogP contribution >= 0.6 is 0 Å². The zero-order chi connectivity index (χ0) is 9.61. The van der Waals surface area contributed by atoms with Crippen molar-refractivity contribution in [3.63, 3.8) is 0 Å². The maximum atomic E-state index is 9.90. The Morgan fingerprint density at radius 2 is 1.92 bits per heavy atom. The van der Waals surface area contributed by atoms with E-state index in [0.717, 1.165) is 0 Å². The predicted molar refractivity (Wildman–Crippen MR) is 44.3 cm³/mol. The van der Waals surface area contributed by atoms with Crippen molar-refractivity contribution in [3.8, 4) is 0 Å². The van der Waals surface area contributed by atoms with E-state index >= 15 is 0 Å². The average Bonchev–Trinajstić information content (AvgIpc) is 1.83. The minimum absolute atomic E-state index is 0.163. The van der Waals surface area contributed by atoms with Gasteiger partial charge in [-0.1, -0.05) is 0 Å². The van der Waals surface area contributed by atoms with Crippen LogP contribution in [-0.2, 0) is 9.47 Å². The van der Waals surface area contributed by atoms with Gasteiger partial charge >= 0.3 is 6.16 Å². The number of carboxylic acid groups (broad SMARTS) is 1. The topological polar surface area (TPSA) is 55.8 Å². The Balaban J connectivity index is 3.17. The highest BCUT2D eigenvalue weighted by Gasteiger charge is 2.08. The van der Waals surface area contributed by atoms with Crippen molar-refractivity contribution in [1.29, 1.82) is 0 Å². The highest BCUT2D eigenvalue weighted by molar-refractivity contribution is 5.56. The van der Waals surface area contributed by atoms with Crippen LogP contribution in [0.3, 0.4) is 0 Å². The number of hydrogen-bond donors (Lipinski definition) is 1. The number of ether oxygens (including phenoxy) is 2. The molecule has 1 N–H and O–H groups in total. The van der Waals surface area contributed by atoms with E-state index in [2.05, 4.69) is 4.74 Å². The fourth-order valence-corrected chi connectivity index (χ4v) is 0.597. The van der Waals surface area contributed by atoms with Crippen LogP contribution in [0.4, 0.5) is 4.79 Å². The van der Waals surface area contributed by atoms with Crippen molar-refractivity contribution in [2.24, 2.45) is 0 Å². The molecule has 0 spiro atoms. The van der Waals surface area contributed by atoms with Crippen LogP contribution in [0.1, 0.15) is 27.2 Å². The van der Waals surface area contributed by atoms with E-state index in [1.807, 2.05) is 20.8 Å². The summed E-state index contributed by atoms with van der Waals surface area (Å²) in [6.07, 6.45) is -0.630. The fourth-order valence-electron chi connectivity index (χ4n) is 0.597. The van der Waals surface area contributed by atoms with E-state index in [1.54, 1.807) is 0 Å². The third kappa shape index (κ3) is 9.23. The summed E-state index contributed by atoms with van der Waals surface area (Å²) in [5.41, 5.74) is -0.163. The smallest absolute Gasteiger partial charge is 0.450 e. The first kappa shape index (κ1) is 11.2. The summed E-state index contributed by atoms with van der Waals surface area (Å²) in [6, 6.07) is 0. The lowest BCUT2D eigenvalue weighted by molar-refractivity contribution is -0.0116. The van der Waals surface area contributed by atoms with Gasteiger partial charge in [0.1, 0.15) is 0 Å². The Morgan fingerprint density at radius 1 is 1.33 bits per heavy atom. The summed E-state index contributed by atoms with van der Waals surface area (Å²) in [5.74, 6) is 0. The van der Waals surface area contributed by atoms with Crippen LogP contribution in [0.15, 0.2) is 0 Å². The van der Waals surface area contributed by atoms with E-state index in [-0.39, 0.29) is 12.2 Å². The Bertz CT molecular complexity index is 136. The first-order chi connectivity index (χ1) is 5.42. The van der Waals surface area contributed by atoms with Crippen molar-refractivity contribution in [2.75, 3.05) is 13.2 Å². The molecule has 0 radical (unpaired) electrons. The lowest BCUT2D eigenvalue weighted by Gasteiger charge is -2.18. The molecule has 0 unspecified atom stereocenters. The second-order valence-electron chi connectivity index (χ2n) is 3.43. The van der Waals surface area contributed by atoms with E-state index < -0.39 is 6.16 Å². The third-order valence-electron chi connectivity index (χ3n) is 1.05. The highest BCUT2D eigenvalue weighted by atomic mass is 16.7. The molecule has 0 aromatic heterocycles. The molecule has 0 heterocycles. The van der Waals surface area contributed by atoms with E-state index in [4.69, 9.17) is 9.84 Å². The van der Waals surface area contributed by atoms with Gasteiger partial charge in [-0.15, -0.1) is 0 Å². The van der Waals surface area contributed by atoms with Crippen molar-refractivity contribution in [2.45, 2.75) is 32.8 Å². The molecule has 72 valence electrons. The van der Waals surface area contributed by atoms with Gasteiger partial charge in [0.15, 0.2) is 0 Å². The van der Waals surface area contributed by atoms with E-state index in [9.17, 15) is 4.79 Å². The van der Waals surface area contributed by atoms with Crippen LogP contribution in [-0.4, -0.2) is 30.1 Å². The van der Waals surface area contributed by atoms with E-state index in [0.29, 0.717) is 13.0 Å². The van der Waals surface area contributed by atoms with Crippen LogP contribution in [0.2, 0.25) is 0 Å². The molecule has 0 bridgehead atoms. The second kappa shape index (κ2) is 4.98. The van der Waals surface area contributed by atoms with Crippen molar-refractivity contribution < 1.29 is 19.4 Å². The number of hydrogen-bond acceptors (Lipinski definition) is 3. The molecular weight excluding hydrogens is 160 g/mol. The number of carbonyl (C=O) groups is 1. The van der Waals surface area contributed by atoms with Crippen LogP contribution in [0.5, 0.6) is 0 Å². The van der Waals surface area contributed by atoms with Gasteiger partial charge in [-0.3, -0.25) is 0 Å². The van der Waals surface area contributed by atoms with Gasteiger partial charge in [0.05, 0.1) is 18.8 Å². The predicted octanol–water partition coefficient (Wildman–Crippen LogP) is 1.89. The van der Waals surface area contributed by atoms with Crippen LogP contribution < -0.4 is 0 Å². The van der Waals surface area contributed by atoms with Crippen LogP contribution in [0.25, 0.3) is 0 Å². The highest BCUT2D eigenvalue weighted by Crippen LogP contribution is 2.06. The average molecular weight is 176 g/mol. The molecule has 0 fully saturated rings. The molecule has 0 aliphatic heterocycles. The lowest BCUT2D eigenvalue weighted by atomic mass is 10.2. The maximum Gasteiger partial charge on any atom is 0.505 e. The Hall–Kier alpha value is -0.770. The van der Waals surface area contributed by atoms with Gasteiger partial charge in [-0.2, -0.15) is 0 Å². The summed E-state index contributed by atoms with van der Waals surface area (Å²) in [5, 5.41) is 8.11. The summed E-state index contributed by atoms with van der Waals surface area (Å²) >= 11 is 0. The Labute approximate surface area is 72.5 Å². The molecule has 0 saturated carbocycles. The zero-order valence-corrected chi connectivity index (χ0v) is 7.79. The van der Waals surface area contributed by atoms with Gasteiger partial charge in [0.2, 0.25) is 0 Å². The van der Waals surface area contributed by atoms with Crippen molar-refractivity contribution in [3.05, 3.63) is 0 Å². The van der Waals surface area contributed by atoms with Crippen LogP contribution in [0, 0.1) is 0 Å². The summed E-state index contributed by atoms with van der Waals surface area (Å²) in [7, 11) is 0. The summed E-state index contributed by atoms with van der Waals surface area (Å²) < 4.78 is 9.63. The van der Waals surface area contributed by atoms with Crippen molar-refractivity contribution in [1.82, 2.24) is 0 Å². The van der Waals surface area contributed by atoms with Gasteiger partial charge in [-0.05, 0) is 20.8 Å². The number of rotatable bonds is 4. The Kier molecular flexibility index (Phi) is 4.66. The minimum Gasteiger partial charge on any atom is -0.450 e. The zero-order valence-electron chi connectivity index (χ0n) is 7.79.